The zero-order chi connectivity index (χ0) is 31.2. The molecule has 2 aromatic carbocycles. The number of nitrogens with zero attached hydrogens (tertiary/aromatic N) is 2. The molecule has 4 N–H and O–H groups in total. The number of hydrogen-bond donors (Lipinski definition) is 4. The molecule has 3 fully saturated rings. The Kier molecular flexibility index (Phi) is 6.33. The predicted octanol–water partition coefficient (Wildman–Crippen LogP) is 1.21. The van der Waals surface area contributed by atoms with E-state index < -0.39 is 41.5 Å². The summed E-state index contributed by atoms with van der Waals surface area (Å²) in [7, 11) is 2.11. The maximum atomic E-state index is 14.6. The molecule has 5 aliphatic rings. The Balaban J connectivity index is 1.15. The van der Waals surface area contributed by atoms with Gasteiger partial charge in [-0.3, -0.25) is 24.0 Å². The lowest BCUT2D eigenvalue weighted by Gasteiger charge is -2.48. The Morgan fingerprint density at radius 2 is 1.98 bits per heavy atom. The highest BCUT2D eigenvalue weighted by Crippen LogP contribution is 2.48. The second-order valence-electron chi connectivity index (χ2n) is 13.8. The zero-order valence-electron chi connectivity index (χ0n) is 25.9. The van der Waals surface area contributed by atoms with Crippen LogP contribution in [0.1, 0.15) is 43.4 Å². The Labute approximate surface area is 262 Å². The Hall–Kier alpha value is -3.99. The number of quaternary nitrogens is 1. The third-order valence-electron chi connectivity index (χ3n) is 10.9. The molecule has 8 rings (SSSR count). The summed E-state index contributed by atoms with van der Waals surface area (Å²) in [6.45, 7) is 4.66. The average molecular weight is 611 g/mol. The van der Waals surface area contributed by atoms with Crippen LogP contribution in [0.4, 0.5) is 0 Å². The lowest BCUT2D eigenvalue weighted by Crippen LogP contribution is -3.15. The Morgan fingerprint density at radius 1 is 1.18 bits per heavy atom. The number of carbonyl (C=O) groups excluding carboxylic acids is 3. The number of piperazine rings is 1. The van der Waals surface area contributed by atoms with E-state index in [1.807, 2.05) is 50.2 Å². The molecule has 0 bridgehead atoms. The van der Waals surface area contributed by atoms with Gasteiger partial charge in [-0.15, -0.1) is 0 Å². The van der Waals surface area contributed by atoms with Crippen molar-refractivity contribution in [3.8, 4) is 0 Å². The SMILES string of the molecule is CC(C)[C@@]1(NC(=O)[C@H]2C=C3c4cccc5[nH]cc(c45)C[C@H]3[NH+](C)C2)O[C@@]2(O)[C@H]3CCCN3C(=O)[C@H](Cc3ccccc3)N2C1=O. The van der Waals surface area contributed by atoms with Crippen molar-refractivity contribution >= 4 is 34.2 Å². The van der Waals surface area contributed by atoms with Crippen molar-refractivity contribution < 1.29 is 29.1 Å². The van der Waals surface area contributed by atoms with Crippen molar-refractivity contribution in [2.75, 3.05) is 20.1 Å². The van der Waals surface area contributed by atoms with Gasteiger partial charge >= 0.3 is 0 Å². The maximum absolute atomic E-state index is 14.6. The van der Waals surface area contributed by atoms with Crippen LogP contribution in [-0.4, -0.2) is 87.5 Å². The first-order valence-corrected chi connectivity index (χ1v) is 16.2. The van der Waals surface area contributed by atoms with Crippen LogP contribution in [0, 0.1) is 11.8 Å². The number of rotatable bonds is 5. The number of nitrogens with one attached hydrogen (secondary N) is 3. The van der Waals surface area contributed by atoms with Crippen LogP contribution in [-0.2, 0) is 32.0 Å². The van der Waals surface area contributed by atoms with Crippen LogP contribution in [0.15, 0.2) is 60.8 Å². The van der Waals surface area contributed by atoms with Crippen molar-refractivity contribution in [2.45, 2.75) is 69.3 Å². The molecule has 7 atom stereocenters. The first-order chi connectivity index (χ1) is 21.6. The third-order valence-corrected chi connectivity index (χ3v) is 10.9. The van der Waals surface area contributed by atoms with E-state index in [1.54, 1.807) is 4.90 Å². The van der Waals surface area contributed by atoms with Gasteiger partial charge in [0.25, 0.3) is 11.8 Å². The molecule has 0 radical (unpaired) electrons. The van der Waals surface area contributed by atoms with E-state index in [2.05, 4.69) is 41.8 Å². The number of ether oxygens (including phenoxy) is 1. The molecule has 10 nitrogen and oxygen atoms in total. The van der Waals surface area contributed by atoms with E-state index in [4.69, 9.17) is 4.74 Å². The second kappa shape index (κ2) is 10.0. The van der Waals surface area contributed by atoms with Gasteiger partial charge in [0.05, 0.1) is 13.6 Å². The molecular formula is C35H40N5O5+. The van der Waals surface area contributed by atoms with Gasteiger partial charge in [0.1, 0.15) is 24.0 Å². The second-order valence-corrected chi connectivity index (χ2v) is 13.8. The van der Waals surface area contributed by atoms with Crippen molar-refractivity contribution in [3.63, 3.8) is 0 Å². The van der Waals surface area contributed by atoms with E-state index in [-0.39, 0.29) is 24.3 Å². The van der Waals surface area contributed by atoms with Crippen LogP contribution < -0.4 is 10.2 Å². The number of benzene rings is 2. The third kappa shape index (κ3) is 4.01. The molecule has 234 valence electrons. The fraction of sp³-hybridized carbons (Fsp3) is 0.457. The lowest BCUT2D eigenvalue weighted by molar-refractivity contribution is -0.900. The number of aromatic nitrogens is 1. The average Bonchev–Trinajstić information content (AvgIpc) is 3.74. The summed E-state index contributed by atoms with van der Waals surface area (Å²) >= 11 is 0. The van der Waals surface area contributed by atoms with Gasteiger partial charge < -0.3 is 25.2 Å². The van der Waals surface area contributed by atoms with Crippen LogP contribution in [0.2, 0.25) is 0 Å². The molecule has 0 spiro atoms. The molecule has 4 aliphatic heterocycles. The number of hydrogen-bond acceptors (Lipinski definition) is 5. The first-order valence-electron chi connectivity index (χ1n) is 16.2. The molecule has 45 heavy (non-hydrogen) atoms. The van der Waals surface area contributed by atoms with Gasteiger partial charge in [-0.05, 0) is 35.6 Å². The molecule has 3 amide bonds. The minimum absolute atomic E-state index is 0.197. The molecule has 1 aromatic heterocycles. The standard InChI is InChI=1S/C35H39N5O5/c1-20(2)34(37-31(41)23-16-25-24-11-7-12-26-30(24)22(18-36-26)17-27(25)38(3)19-23)33(43)40-28(15-21-9-5-4-6-10-21)32(42)39-14-8-13-29(39)35(40,44)45-34/h4-7,9-12,16,18,20,23,27-29,36,44H,8,13-15,17,19H2,1-3H3,(H,37,41)/p+1/t23-,27+,28-,29+,34+,35-/m0/s1. The van der Waals surface area contributed by atoms with Gasteiger partial charge in [-0.1, -0.05) is 62.4 Å². The largest absolute Gasteiger partial charge is 0.361 e. The van der Waals surface area contributed by atoms with E-state index in [9.17, 15) is 19.5 Å². The van der Waals surface area contributed by atoms with Gasteiger partial charge in [0, 0.05) is 48.0 Å². The summed E-state index contributed by atoms with van der Waals surface area (Å²) < 4.78 is 6.50. The summed E-state index contributed by atoms with van der Waals surface area (Å²) in [5.74, 6) is -4.19. The number of likely N-dealkylation sites (N-methyl/N-ethyl adjacent to an activating group) is 1. The topological polar surface area (TPSA) is 119 Å². The number of amides is 3. The zero-order valence-corrected chi connectivity index (χ0v) is 25.9. The Bertz CT molecular complexity index is 1750. The number of aromatic amines is 1. The summed E-state index contributed by atoms with van der Waals surface area (Å²) in [5.41, 5.74) is 3.69. The summed E-state index contributed by atoms with van der Waals surface area (Å²) in [5, 5.41) is 16.5. The van der Waals surface area contributed by atoms with Crippen molar-refractivity contribution in [3.05, 3.63) is 77.5 Å². The number of aliphatic hydroxyl groups is 1. The van der Waals surface area contributed by atoms with Crippen molar-refractivity contribution in [2.24, 2.45) is 11.8 Å². The highest BCUT2D eigenvalue weighted by atomic mass is 16.7. The molecule has 5 heterocycles. The highest BCUT2D eigenvalue weighted by molar-refractivity contribution is 6.00. The first kappa shape index (κ1) is 28.5. The number of carbonyl (C=O) groups is 3. The molecule has 1 aliphatic carbocycles. The molecule has 0 saturated carbocycles. The van der Waals surface area contributed by atoms with Crippen molar-refractivity contribution in [1.82, 2.24) is 20.1 Å². The molecule has 10 heteroatoms. The van der Waals surface area contributed by atoms with Crippen LogP contribution in [0.25, 0.3) is 16.5 Å². The smallest absolute Gasteiger partial charge is 0.281 e. The van der Waals surface area contributed by atoms with E-state index in [0.717, 1.165) is 28.6 Å². The van der Waals surface area contributed by atoms with Gasteiger partial charge in [-0.25, -0.2) is 0 Å². The van der Waals surface area contributed by atoms with Crippen LogP contribution >= 0.6 is 0 Å². The number of H-pyrrole nitrogens is 1. The highest BCUT2D eigenvalue weighted by Gasteiger charge is 2.72. The van der Waals surface area contributed by atoms with E-state index in [1.165, 1.54) is 20.7 Å². The predicted molar refractivity (Wildman–Crippen MR) is 166 cm³/mol. The van der Waals surface area contributed by atoms with Crippen LogP contribution in [0.5, 0.6) is 0 Å². The van der Waals surface area contributed by atoms with Crippen LogP contribution in [0.3, 0.4) is 0 Å². The quantitative estimate of drug-likeness (QED) is 0.347. The fourth-order valence-electron chi connectivity index (χ4n) is 8.60. The van der Waals surface area contributed by atoms with Gasteiger partial charge in [-0.2, -0.15) is 0 Å². The minimum atomic E-state index is -2.06. The van der Waals surface area contributed by atoms with E-state index in [0.29, 0.717) is 25.9 Å². The molecule has 1 unspecified atom stereocenters. The fourth-order valence-corrected chi connectivity index (χ4v) is 8.60. The van der Waals surface area contributed by atoms with Gasteiger partial charge in [0.2, 0.25) is 17.5 Å². The van der Waals surface area contributed by atoms with E-state index >= 15 is 0 Å². The molecule has 3 saturated heterocycles. The Morgan fingerprint density at radius 3 is 2.76 bits per heavy atom. The maximum Gasteiger partial charge on any atom is 0.281 e. The molecular weight excluding hydrogens is 570 g/mol. The van der Waals surface area contributed by atoms with Gasteiger partial charge in [0.15, 0.2) is 0 Å². The minimum Gasteiger partial charge on any atom is -0.361 e. The normalized spacial score (nSPS) is 33.7. The number of fused-ring (bicyclic) bond motifs is 5. The monoisotopic (exact) mass is 610 g/mol. The summed E-state index contributed by atoms with van der Waals surface area (Å²) in [6.07, 6.45) is 6.48. The van der Waals surface area contributed by atoms with Crippen molar-refractivity contribution in [1.29, 1.82) is 0 Å². The summed E-state index contributed by atoms with van der Waals surface area (Å²) in [4.78, 5) is 50.3. The lowest BCUT2D eigenvalue weighted by atomic mass is 9.79. The molecule has 3 aromatic rings. The summed E-state index contributed by atoms with van der Waals surface area (Å²) in [6, 6.07) is 14.3.